The van der Waals surface area contributed by atoms with Gasteiger partial charge in [-0.2, -0.15) is 0 Å². The lowest BCUT2D eigenvalue weighted by molar-refractivity contribution is 0.287. The standard InChI is InChI=1S/C15H22FNO/c1-2-3-4-10-18-15-12(6-5-7-14(15)16)11-17-13-8-9-13/h5-7,13,17H,2-4,8-11H2,1H3. The lowest BCUT2D eigenvalue weighted by Crippen LogP contribution is -2.16. The van der Waals surface area contributed by atoms with Crippen molar-refractivity contribution >= 4 is 0 Å². The number of ether oxygens (including phenoxy) is 1. The van der Waals surface area contributed by atoms with Crippen LogP contribution in [0.25, 0.3) is 0 Å². The van der Waals surface area contributed by atoms with Crippen molar-refractivity contribution in [3.8, 4) is 5.75 Å². The zero-order valence-electron chi connectivity index (χ0n) is 11.0. The van der Waals surface area contributed by atoms with Gasteiger partial charge in [0, 0.05) is 18.2 Å². The maximum Gasteiger partial charge on any atom is 0.165 e. The van der Waals surface area contributed by atoms with Crippen molar-refractivity contribution in [2.45, 2.75) is 51.6 Å². The molecule has 0 aromatic heterocycles. The van der Waals surface area contributed by atoms with Crippen molar-refractivity contribution < 1.29 is 9.13 Å². The summed E-state index contributed by atoms with van der Waals surface area (Å²) < 4.78 is 19.4. The van der Waals surface area contributed by atoms with Crippen molar-refractivity contribution in [3.05, 3.63) is 29.6 Å². The molecule has 0 amide bonds. The van der Waals surface area contributed by atoms with E-state index in [0.29, 0.717) is 24.9 Å². The fraction of sp³-hybridized carbons (Fsp3) is 0.600. The Kier molecular flexibility index (Phi) is 5.00. The fourth-order valence-electron chi connectivity index (χ4n) is 1.92. The summed E-state index contributed by atoms with van der Waals surface area (Å²) in [5.41, 5.74) is 0.929. The second-order valence-electron chi connectivity index (χ2n) is 4.94. The number of nitrogens with one attached hydrogen (secondary N) is 1. The molecule has 0 aliphatic heterocycles. The van der Waals surface area contributed by atoms with E-state index in [0.717, 1.165) is 24.8 Å². The van der Waals surface area contributed by atoms with Crippen LogP contribution in [-0.2, 0) is 6.54 Å². The van der Waals surface area contributed by atoms with Crippen LogP contribution in [0.4, 0.5) is 4.39 Å². The van der Waals surface area contributed by atoms with Crippen molar-refractivity contribution in [1.29, 1.82) is 0 Å². The SMILES string of the molecule is CCCCCOc1c(F)cccc1CNC1CC1. The van der Waals surface area contributed by atoms with E-state index >= 15 is 0 Å². The first-order valence-corrected chi connectivity index (χ1v) is 6.95. The van der Waals surface area contributed by atoms with Gasteiger partial charge in [-0.1, -0.05) is 31.9 Å². The summed E-state index contributed by atoms with van der Waals surface area (Å²) in [4.78, 5) is 0. The van der Waals surface area contributed by atoms with E-state index in [1.165, 1.54) is 18.9 Å². The molecule has 0 unspecified atom stereocenters. The molecule has 1 saturated carbocycles. The molecule has 1 aromatic carbocycles. The maximum atomic E-state index is 13.7. The molecule has 1 N–H and O–H groups in total. The van der Waals surface area contributed by atoms with Crippen LogP contribution < -0.4 is 10.1 Å². The summed E-state index contributed by atoms with van der Waals surface area (Å²) in [5, 5.41) is 3.40. The minimum absolute atomic E-state index is 0.249. The zero-order valence-corrected chi connectivity index (χ0v) is 11.0. The highest BCUT2D eigenvalue weighted by atomic mass is 19.1. The van der Waals surface area contributed by atoms with Crippen molar-refractivity contribution in [1.82, 2.24) is 5.32 Å². The van der Waals surface area contributed by atoms with Crippen LogP contribution in [-0.4, -0.2) is 12.6 Å². The van der Waals surface area contributed by atoms with Gasteiger partial charge >= 0.3 is 0 Å². The van der Waals surface area contributed by atoms with Crippen LogP contribution >= 0.6 is 0 Å². The molecule has 3 heteroatoms. The maximum absolute atomic E-state index is 13.7. The number of hydrogen-bond acceptors (Lipinski definition) is 2. The van der Waals surface area contributed by atoms with Crippen molar-refractivity contribution in [2.75, 3.05) is 6.61 Å². The van der Waals surface area contributed by atoms with Crippen LogP contribution in [0.1, 0.15) is 44.6 Å². The van der Waals surface area contributed by atoms with Crippen LogP contribution in [0.5, 0.6) is 5.75 Å². The Balaban J connectivity index is 1.91. The highest BCUT2D eigenvalue weighted by Gasteiger charge is 2.21. The van der Waals surface area contributed by atoms with E-state index in [2.05, 4.69) is 12.2 Å². The Morgan fingerprint density at radius 1 is 1.33 bits per heavy atom. The molecule has 2 nitrogen and oxygen atoms in total. The summed E-state index contributed by atoms with van der Waals surface area (Å²) in [6, 6.07) is 5.78. The fourth-order valence-corrected chi connectivity index (χ4v) is 1.92. The smallest absolute Gasteiger partial charge is 0.165 e. The van der Waals surface area contributed by atoms with Gasteiger partial charge < -0.3 is 10.1 Å². The molecule has 1 aromatic rings. The predicted molar refractivity (Wildman–Crippen MR) is 71.3 cm³/mol. The normalized spacial score (nSPS) is 14.8. The van der Waals surface area contributed by atoms with Crippen LogP contribution in [0, 0.1) is 5.82 Å². The molecule has 1 aliphatic carbocycles. The number of rotatable bonds is 8. The predicted octanol–water partition coefficient (Wildman–Crippen LogP) is 3.65. The lowest BCUT2D eigenvalue weighted by Gasteiger charge is -2.12. The van der Waals surface area contributed by atoms with E-state index in [1.807, 2.05) is 6.07 Å². The van der Waals surface area contributed by atoms with Crippen LogP contribution in [0.15, 0.2) is 18.2 Å². The summed E-state index contributed by atoms with van der Waals surface area (Å²) in [7, 11) is 0. The van der Waals surface area contributed by atoms with Crippen molar-refractivity contribution in [3.63, 3.8) is 0 Å². The number of para-hydroxylation sites is 1. The first-order valence-electron chi connectivity index (χ1n) is 6.95. The van der Waals surface area contributed by atoms with Gasteiger partial charge in [0.05, 0.1) is 6.61 Å². The van der Waals surface area contributed by atoms with E-state index in [-0.39, 0.29) is 5.82 Å². The second kappa shape index (κ2) is 6.74. The molecule has 18 heavy (non-hydrogen) atoms. The minimum Gasteiger partial charge on any atom is -0.490 e. The molecule has 0 spiro atoms. The van der Waals surface area contributed by atoms with Gasteiger partial charge in [-0.25, -0.2) is 4.39 Å². The Labute approximate surface area is 109 Å². The topological polar surface area (TPSA) is 21.3 Å². The first-order chi connectivity index (χ1) is 8.81. The van der Waals surface area contributed by atoms with E-state index in [1.54, 1.807) is 6.07 Å². The number of hydrogen-bond donors (Lipinski definition) is 1. The molecular weight excluding hydrogens is 229 g/mol. The van der Waals surface area contributed by atoms with Gasteiger partial charge in [-0.15, -0.1) is 0 Å². The minimum atomic E-state index is -0.249. The molecule has 0 radical (unpaired) electrons. The first kappa shape index (κ1) is 13.3. The van der Waals surface area contributed by atoms with E-state index in [9.17, 15) is 4.39 Å². The lowest BCUT2D eigenvalue weighted by atomic mass is 10.2. The summed E-state index contributed by atoms with van der Waals surface area (Å²) in [5.74, 6) is 0.184. The molecule has 0 heterocycles. The van der Waals surface area contributed by atoms with Gasteiger partial charge in [-0.3, -0.25) is 0 Å². The third-order valence-electron chi connectivity index (χ3n) is 3.20. The summed E-state index contributed by atoms with van der Waals surface area (Å²) in [6.07, 6.45) is 5.74. The third-order valence-corrected chi connectivity index (χ3v) is 3.20. The molecule has 2 rings (SSSR count). The van der Waals surface area contributed by atoms with Gasteiger partial charge in [0.25, 0.3) is 0 Å². The van der Waals surface area contributed by atoms with Gasteiger partial charge in [0.15, 0.2) is 11.6 Å². The molecule has 1 aliphatic rings. The second-order valence-corrected chi connectivity index (χ2v) is 4.94. The summed E-state index contributed by atoms with van der Waals surface area (Å²) >= 11 is 0. The monoisotopic (exact) mass is 251 g/mol. The Morgan fingerprint density at radius 3 is 2.89 bits per heavy atom. The number of halogens is 1. The van der Waals surface area contributed by atoms with E-state index in [4.69, 9.17) is 4.74 Å². The molecule has 100 valence electrons. The van der Waals surface area contributed by atoms with Crippen LogP contribution in [0.2, 0.25) is 0 Å². The average molecular weight is 251 g/mol. The third kappa shape index (κ3) is 3.98. The highest BCUT2D eigenvalue weighted by Crippen LogP contribution is 2.25. The Morgan fingerprint density at radius 2 is 2.17 bits per heavy atom. The van der Waals surface area contributed by atoms with E-state index < -0.39 is 0 Å². The zero-order chi connectivity index (χ0) is 12.8. The Bertz CT molecular complexity index is 377. The molecule has 0 bridgehead atoms. The quantitative estimate of drug-likeness (QED) is 0.712. The molecule has 0 atom stereocenters. The van der Waals surface area contributed by atoms with Crippen LogP contribution in [0.3, 0.4) is 0 Å². The highest BCUT2D eigenvalue weighted by molar-refractivity contribution is 5.35. The molecule has 0 saturated heterocycles. The Hall–Kier alpha value is -1.09. The summed E-state index contributed by atoms with van der Waals surface area (Å²) in [6.45, 7) is 3.45. The average Bonchev–Trinajstić information content (AvgIpc) is 3.18. The molecule has 1 fully saturated rings. The largest absolute Gasteiger partial charge is 0.490 e. The van der Waals surface area contributed by atoms with Gasteiger partial charge in [0.2, 0.25) is 0 Å². The number of benzene rings is 1. The number of unbranched alkanes of at least 4 members (excludes halogenated alkanes) is 2. The van der Waals surface area contributed by atoms with Gasteiger partial charge in [-0.05, 0) is 25.3 Å². The van der Waals surface area contributed by atoms with Gasteiger partial charge in [0.1, 0.15) is 0 Å². The molecular formula is C15H22FNO. The van der Waals surface area contributed by atoms with Crippen molar-refractivity contribution in [2.24, 2.45) is 0 Å².